The second-order valence-corrected chi connectivity index (χ2v) is 5.92. The van der Waals surface area contributed by atoms with Crippen molar-refractivity contribution in [2.75, 3.05) is 19.0 Å². The van der Waals surface area contributed by atoms with Crippen LogP contribution in [-0.4, -0.2) is 42.2 Å². The second kappa shape index (κ2) is 6.79. The van der Waals surface area contributed by atoms with Gasteiger partial charge in [0, 0.05) is 12.7 Å². The van der Waals surface area contributed by atoms with Crippen molar-refractivity contribution in [1.29, 1.82) is 0 Å². The first-order chi connectivity index (χ1) is 12.4. The highest BCUT2D eigenvalue weighted by atomic mass is 16.5. The Morgan fingerprint density at radius 1 is 1.00 bits per heavy atom. The molecule has 0 atom stereocenters. The highest BCUT2D eigenvalue weighted by molar-refractivity contribution is 6.21. The monoisotopic (exact) mass is 352 g/mol. The maximum atomic E-state index is 12.1. The van der Waals surface area contributed by atoms with Gasteiger partial charge in [-0.15, -0.1) is 0 Å². The number of esters is 1. The lowest BCUT2D eigenvalue weighted by Gasteiger charge is -2.07. The van der Waals surface area contributed by atoms with E-state index < -0.39 is 30.3 Å². The molecule has 7 heteroatoms. The molecule has 2 aromatic rings. The second-order valence-electron chi connectivity index (χ2n) is 5.92. The zero-order valence-electron chi connectivity index (χ0n) is 14.2. The number of nitrogens with zero attached hydrogens (tertiary/aromatic N) is 1. The van der Waals surface area contributed by atoms with Crippen LogP contribution >= 0.6 is 0 Å². The van der Waals surface area contributed by atoms with Crippen molar-refractivity contribution in [3.05, 3.63) is 64.7 Å². The molecule has 26 heavy (non-hydrogen) atoms. The fraction of sp³-hybridized carbons (Fsp3) is 0.158. The van der Waals surface area contributed by atoms with Crippen LogP contribution in [0.2, 0.25) is 0 Å². The van der Waals surface area contributed by atoms with Gasteiger partial charge in [0.2, 0.25) is 0 Å². The summed E-state index contributed by atoms with van der Waals surface area (Å²) in [5, 5.41) is 2.61. The number of aryl methyl sites for hydroxylation is 1. The maximum Gasteiger partial charge on any atom is 0.338 e. The Hall–Kier alpha value is -3.48. The van der Waals surface area contributed by atoms with Crippen LogP contribution in [0.1, 0.15) is 36.6 Å². The Morgan fingerprint density at radius 2 is 1.65 bits per heavy atom. The number of ether oxygens (including phenoxy) is 1. The summed E-state index contributed by atoms with van der Waals surface area (Å²) in [5.41, 5.74) is 2.15. The van der Waals surface area contributed by atoms with Crippen molar-refractivity contribution in [3.63, 3.8) is 0 Å². The molecular formula is C19H16N2O5. The normalized spacial score (nSPS) is 12.8. The van der Waals surface area contributed by atoms with E-state index in [9.17, 15) is 19.2 Å². The molecule has 0 radical (unpaired) electrons. The smallest absolute Gasteiger partial charge is 0.338 e. The molecule has 0 fully saturated rings. The standard InChI is InChI=1S/C19H16N2O5/c1-11-3-6-13(7-4-11)20-16(22)10-26-19(25)12-5-8-14-15(9-12)18(24)21(2)17(14)23/h3-9H,10H2,1-2H3,(H,20,22). The lowest BCUT2D eigenvalue weighted by molar-refractivity contribution is -0.119. The molecule has 1 aliphatic rings. The molecule has 0 bridgehead atoms. The maximum absolute atomic E-state index is 12.1. The molecule has 0 aromatic heterocycles. The molecule has 7 nitrogen and oxygen atoms in total. The molecule has 0 saturated carbocycles. The molecule has 1 N–H and O–H groups in total. The number of hydrogen-bond acceptors (Lipinski definition) is 5. The van der Waals surface area contributed by atoms with Crippen molar-refractivity contribution in [2.24, 2.45) is 0 Å². The highest BCUT2D eigenvalue weighted by Gasteiger charge is 2.33. The molecule has 0 saturated heterocycles. The number of imide groups is 1. The van der Waals surface area contributed by atoms with Gasteiger partial charge >= 0.3 is 5.97 Å². The van der Waals surface area contributed by atoms with Gasteiger partial charge in [0.05, 0.1) is 16.7 Å². The molecule has 0 aliphatic carbocycles. The number of anilines is 1. The van der Waals surface area contributed by atoms with Crippen LogP contribution in [0.15, 0.2) is 42.5 Å². The Balaban J connectivity index is 1.62. The average Bonchev–Trinajstić information content (AvgIpc) is 2.85. The molecular weight excluding hydrogens is 336 g/mol. The van der Waals surface area contributed by atoms with Crippen LogP contribution in [0.3, 0.4) is 0 Å². The van der Waals surface area contributed by atoms with E-state index in [0.29, 0.717) is 5.69 Å². The van der Waals surface area contributed by atoms with Gasteiger partial charge in [-0.3, -0.25) is 19.3 Å². The van der Waals surface area contributed by atoms with Gasteiger partial charge in [-0.25, -0.2) is 4.79 Å². The first kappa shape index (κ1) is 17.3. The SMILES string of the molecule is Cc1ccc(NC(=O)COC(=O)c2ccc3c(c2)C(=O)N(C)C3=O)cc1. The Bertz CT molecular complexity index is 918. The molecule has 1 aliphatic heterocycles. The third kappa shape index (κ3) is 3.32. The zero-order valence-corrected chi connectivity index (χ0v) is 14.2. The summed E-state index contributed by atoms with van der Waals surface area (Å²) in [6.45, 7) is 1.47. The van der Waals surface area contributed by atoms with Crippen LogP contribution < -0.4 is 5.32 Å². The summed E-state index contributed by atoms with van der Waals surface area (Å²) in [4.78, 5) is 48.7. The van der Waals surface area contributed by atoms with Crippen LogP contribution in [0.5, 0.6) is 0 Å². The lowest BCUT2D eigenvalue weighted by Crippen LogP contribution is -2.24. The van der Waals surface area contributed by atoms with E-state index in [4.69, 9.17) is 4.74 Å². The number of amides is 3. The van der Waals surface area contributed by atoms with Crippen molar-refractivity contribution in [1.82, 2.24) is 4.90 Å². The van der Waals surface area contributed by atoms with Crippen molar-refractivity contribution in [3.8, 4) is 0 Å². The summed E-state index contributed by atoms with van der Waals surface area (Å²) >= 11 is 0. The van der Waals surface area contributed by atoms with E-state index in [2.05, 4.69) is 5.32 Å². The number of carbonyl (C=O) groups is 4. The molecule has 3 rings (SSSR count). The number of carbonyl (C=O) groups excluding carboxylic acids is 4. The number of hydrogen-bond donors (Lipinski definition) is 1. The number of benzene rings is 2. The minimum atomic E-state index is -0.748. The Labute approximate surface area is 149 Å². The van der Waals surface area contributed by atoms with Gasteiger partial charge < -0.3 is 10.1 Å². The number of rotatable bonds is 4. The van der Waals surface area contributed by atoms with Crippen molar-refractivity contribution in [2.45, 2.75) is 6.92 Å². The first-order valence-corrected chi connectivity index (χ1v) is 7.87. The van der Waals surface area contributed by atoms with Gasteiger partial charge in [-0.1, -0.05) is 17.7 Å². The summed E-state index contributed by atoms with van der Waals surface area (Å²) in [7, 11) is 1.37. The van der Waals surface area contributed by atoms with E-state index in [-0.39, 0.29) is 16.7 Å². The van der Waals surface area contributed by atoms with E-state index >= 15 is 0 Å². The quantitative estimate of drug-likeness (QED) is 0.671. The van der Waals surface area contributed by atoms with Gasteiger partial charge in [-0.2, -0.15) is 0 Å². The van der Waals surface area contributed by atoms with E-state index in [1.165, 1.54) is 25.2 Å². The minimum absolute atomic E-state index is 0.100. The first-order valence-electron chi connectivity index (χ1n) is 7.87. The highest BCUT2D eigenvalue weighted by Crippen LogP contribution is 2.23. The summed E-state index contributed by atoms with van der Waals surface area (Å²) < 4.78 is 4.97. The molecule has 0 spiro atoms. The number of fused-ring (bicyclic) bond motifs is 1. The Kier molecular flexibility index (Phi) is 4.53. The fourth-order valence-corrected chi connectivity index (χ4v) is 2.54. The average molecular weight is 352 g/mol. The molecule has 1 heterocycles. The van der Waals surface area contributed by atoms with Crippen molar-refractivity contribution < 1.29 is 23.9 Å². The predicted molar refractivity (Wildman–Crippen MR) is 93.0 cm³/mol. The lowest BCUT2D eigenvalue weighted by atomic mass is 10.1. The van der Waals surface area contributed by atoms with Crippen LogP contribution in [0.4, 0.5) is 5.69 Å². The molecule has 3 amide bonds. The summed E-state index contributed by atoms with van der Waals surface area (Å²) in [6, 6.07) is 11.3. The van der Waals surface area contributed by atoms with E-state index in [1.54, 1.807) is 12.1 Å². The summed E-state index contributed by atoms with van der Waals surface area (Å²) in [5.74, 6) is -2.12. The van der Waals surface area contributed by atoms with Gasteiger partial charge in [0.1, 0.15) is 0 Å². The van der Waals surface area contributed by atoms with Crippen LogP contribution in [-0.2, 0) is 9.53 Å². The minimum Gasteiger partial charge on any atom is -0.452 e. The topological polar surface area (TPSA) is 92.8 Å². The van der Waals surface area contributed by atoms with Crippen LogP contribution in [0.25, 0.3) is 0 Å². The number of nitrogens with one attached hydrogen (secondary N) is 1. The van der Waals surface area contributed by atoms with Gasteiger partial charge in [0.15, 0.2) is 6.61 Å². The zero-order chi connectivity index (χ0) is 18.8. The molecule has 0 unspecified atom stereocenters. The fourth-order valence-electron chi connectivity index (χ4n) is 2.54. The largest absolute Gasteiger partial charge is 0.452 e. The van der Waals surface area contributed by atoms with E-state index in [0.717, 1.165) is 10.5 Å². The summed E-state index contributed by atoms with van der Waals surface area (Å²) in [6.07, 6.45) is 0. The molecule has 132 valence electrons. The van der Waals surface area contributed by atoms with E-state index in [1.807, 2.05) is 19.1 Å². The third-order valence-electron chi connectivity index (χ3n) is 4.00. The Morgan fingerprint density at radius 3 is 2.35 bits per heavy atom. The predicted octanol–water partition coefficient (Wildman–Crippen LogP) is 2.02. The third-order valence-corrected chi connectivity index (χ3v) is 4.00. The van der Waals surface area contributed by atoms with Crippen LogP contribution in [0, 0.1) is 6.92 Å². The van der Waals surface area contributed by atoms with Crippen molar-refractivity contribution >= 4 is 29.4 Å². The van der Waals surface area contributed by atoms with Gasteiger partial charge in [-0.05, 0) is 37.3 Å². The molecule has 2 aromatic carbocycles. The van der Waals surface area contributed by atoms with Gasteiger partial charge in [0.25, 0.3) is 17.7 Å².